The van der Waals surface area contributed by atoms with Gasteiger partial charge in [0.2, 0.25) is 0 Å². The lowest BCUT2D eigenvalue weighted by molar-refractivity contribution is 0.669. The summed E-state index contributed by atoms with van der Waals surface area (Å²) >= 11 is 0. The summed E-state index contributed by atoms with van der Waals surface area (Å²) in [7, 11) is 0. The van der Waals surface area contributed by atoms with Crippen molar-refractivity contribution in [2.24, 2.45) is 0 Å². The van der Waals surface area contributed by atoms with Crippen LogP contribution < -0.4 is 9.80 Å². The monoisotopic (exact) mass is 858 g/mol. The zero-order valence-corrected chi connectivity index (χ0v) is 36.5. The van der Waals surface area contributed by atoms with Crippen LogP contribution in [0.4, 0.5) is 28.4 Å². The number of fused-ring (bicyclic) bond motifs is 9. The first-order valence-electron chi connectivity index (χ1n) is 22.8. The van der Waals surface area contributed by atoms with Gasteiger partial charge in [0.25, 0.3) is 0 Å². The molecule has 0 fully saturated rings. The number of rotatable bonds is 9. The predicted octanol–water partition coefficient (Wildman–Crippen LogP) is 17.9. The predicted molar refractivity (Wildman–Crippen MR) is 280 cm³/mol. The van der Waals surface area contributed by atoms with Gasteiger partial charge in [-0.3, -0.25) is 0 Å². The third-order valence-electron chi connectivity index (χ3n) is 13.3. The van der Waals surface area contributed by atoms with Gasteiger partial charge >= 0.3 is 0 Å². The molecule has 0 saturated carbocycles. The van der Waals surface area contributed by atoms with Gasteiger partial charge in [0.15, 0.2) is 0 Å². The molecule has 0 radical (unpaired) electrons. The summed E-state index contributed by atoms with van der Waals surface area (Å²) in [6.07, 6.45) is 0. The Morgan fingerprint density at radius 3 is 1.63 bits per heavy atom. The molecule has 316 valence electrons. The lowest BCUT2D eigenvalue weighted by Crippen LogP contribution is -2.18. The molecule has 13 aromatic rings. The fraction of sp³-hybridized carbons (Fsp3) is 0.0159. The quantitative estimate of drug-likeness (QED) is 0.135. The highest BCUT2D eigenvalue weighted by Gasteiger charge is 2.21. The van der Waals surface area contributed by atoms with Gasteiger partial charge in [0, 0.05) is 62.6 Å². The average Bonchev–Trinajstić information content (AvgIpc) is 3.95. The molecule has 0 atom stereocenters. The Morgan fingerprint density at radius 2 is 0.821 bits per heavy atom. The molecule has 67 heavy (non-hydrogen) atoms. The normalized spacial score (nSPS) is 11.6. The lowest BCUT2D eigenvalue weighted by atomic mass is 9.91. The van der Waals surface area contributed by atoms with Crippen molar-refractivity contribution in [3.05, 3.63) is 248 Å². The van der Waals surface area contributed by atoms with E-state index >= 15 is 0 Å². The maximum Gasteiger partial charge on any atom is 0.137 e. The Bertz CT molecular complexity index is 3980. The van der Waals surface area contributed by atoms with Gasteiger partial charge in [-0.2, -0.15) is 0 Å². The Labute approximate surface area is 387 Å². The maximum absolute atomic E-state index is 6.54. The van der Waals surface area contributed by atoms with Crippen LogP contribution in [-0.2, 0) is 6.54 Å². The Balaban J connectivity index is 0.980. The van der Waals surface area contributed by atoms with Crippen LogP contribution in [0.2, 0.25) is 0 Å². The van der Waals surface area contributed by atoms with Gasteiger partial charge in [0.05, 0.1) is 0 Å². The largest absolute Gasteiger partial charge is 0.456 e. The van der Waals surface area contributed by atoms with Gasteiger partial charge in [-0.05, 0) is 128 Å². The molecule has 4 heteroatoms. The first-order chi connectivity index (χ1) is 33.2. The second-order valence-corrected chi connectivity index (χ2v) is 17.3. The van der Waals surface area contributed by atoms with Crippen LogP contribution in [0.15, 0.2) is 251 Å². The van der Waals surface area contributed by atoms with E-state index in [0.717, 1.165) is 77.7 Å². The van der Waals surface area contributed by atoms with E-state index in [-0.39, 0.29) is 0 Å². The van der Waals surface area contributed by atoms with Crippen molar-refractivity contribution in [1.29, 1.82) is 0 Å². The van der Waals surface area contributed by atoms with Crippen molar-refractivity contribution in [3.8, 4) is 22.3 Å². The molecule has 13 rings (SSSR count). The summed E-state index contributed by atoms with van der Waals surface area (Å²) < 4.78 is 12.9. The number of furan rings is 2. The fourth-order valence-electron chi connectivity index (χ4n) is 10.1. The third kappa shape index (κ3) is 6.77. The van der Waals surface area contributed by atoms with Crippen LogP contribution in [0.25, 0.3) is 87.7 Å². The molecule has 0 spiro atoms. The van der Waals surface area contributed by atoms with E-state index in [1.54, 1.807) is 0 Å². The molecule has 0 unspecified atom stereocenters. The lowest BCUT2D eigenvalue weighted by Gasteiger charge is -2.30. The summed E-state index contributed by atoms with van der Waals surface area (Å²) in [4.78, 5) is 4.80. The molecule has 0 saturated heterocycles. The van der Waals surface area contributed by atoms with Crippen molar-refractivity contribution in [2.75, 3.05) is 9.80 Å². The molecular weight excluding hydrogens is 817 g/mol. The van der Waals surface area contributed by atoms with Gasteiger partial charge in [-0.25, -0.2) is 0 Å². The molecular formula is C63H42N2O2. The van der Waals surface area contributed by atoms with Crippen LogP contribution in [0.5, 0.6) is 0 Å². The number of para-hydroxylation sites is 3. The highest BCUT2D eigenvalue weighted by Crippen LogP contribution is 2.44. The van der Waals surface area contributed by atoms with Crippen molar-refractivity contribution in [2.45, 2.75) is 6.54 Å². The summed E-state index contributed by atoms with van der Waals surface area (Å²) in [5, 5.41) is 9.11. The Kier molecular flexibility index (Phi) is 9.21. The van der Waals surface area contributed by atoms with E-state index in [0.29, 0.717) is 6.54 Å². The van der Waals surface area contributed by atoms with E-state index in [1.165, 1.54) is 44.0 Å². The standard InChI is InChI=1S/C63H42N2O2/c1-3-16-42(17-4-1)51-23-9-10-25-53(51)52-24-8-7-18-45(52)41-64(46-19-5-2-6-20-46)47-21-15-22-48(37-47)65(50-34-35-56-54-26-11-13-28-60(54)67-63(56)39-50)49-33-32-43-30-31-44-36-62-59(40-58(44)57(43)38-49)55-27-12-14-29-61(55)66-62/h1-40H,41H2. The minimum Gasteiger partial charge on any atom is -0.456 e. The second-order valence-electron chi connectivity index (χ2n) is 17.3. The summed E-state index contributed by atoms with van der Waals surface area (Å²) in [5.74, 6) is 0. The van der Waals surface area contributed by atoms with Crippen LogP contribution in [-0.4, -0.2) is 0 Å². The Hall–Kier alpha value is -8.86. The molecule has 4 nitrogen and oxygen atoms in total. The number of nitrogens with zero attached hydrogens (tertiary/aromatic N) is 2. The third-order valence-corrected chi connectivity index (χ3v) is 13.3. The van der Waals surface area contributed by atoms with Crippen molar-refractivity contribution in [3.63, 3.8) is 0 Å². The molecule has 2 aromatic heterocycles. The summed E-state index contributed by atoms with van der Waals surface area (Å²) in [6, 6.07) is 86.9. The molecule has 0 aliphatic rings. The van der Waals surface area contributed by atoms with E-state index in [4.69, 9.17) is 8.83 Å². The van der Waals surface area contributed by atoms with Crippen LogP contribution >= 0.6 is 0 Å². The van der Waals surface area contributed by atoms with Gasteiger partial charge < -0.3 is 18.6 Å². The topological polar surface area (TPSA) is 32.8 Å². The van der Waals surface area contributed by atoms with E-state index in [9.17, 15) is 0 Å². The minimum absolute atomic E-state index is 0.650. The molecule has 11 aromatic carbocycles. The zero-order valence-electron chi connectivity index (χ0n) is 36.5. The maximum atomic E-state index is 6.54. The molecule has 0 amide bonds. The second kappa shape index (κ2) is 16.0. The first-order valence-corrected chi connectivity index (χ1v) is 22.8. The highest BCUT2D eigenvalue weighted by molar-refractivity contribution is 6.17. The van der Waals surface area contributed by atoms with Crippen LogP contribution in [0, 0.1) is 0 Å². The van der Waals surface area contributed by atoms with Gasteiger partial charge in [0.1, 0.15) is 22.3 Å². The number of hydrogen-bond acceptors (Lipinski definition) is 4. The number of anilines is 5. The average molecular weight is 859 g/mol. The smallest absolute Gasteiger partial charge is 0.137 e. The minimum atomic E-state index is 0.650. The summed E-state index contributed by atoms with van der Waals surface area (Å²) in [6.45, 7) is 0.650. The Morgan fingerprint density at radius 1 is 0.284 bits per heavy atom. The molecule has 2 heterocycles. The molecule has 0 aliphatic heterocycles. The molecule has 0 aliphatic carbocycles. The van der Waals surface area contributed by atoms with Crippen molar-refractivity contribution < 1.29 is 8.83 Å². The van der Waals surface area contributed by atoms with E-state index in [2.05, 4.69) is 228 Å². The molecule has 0 N–H and O–H groups in total. The van der Waals surface area contributed by atoms with Gasteiger partial charge in [-0.15, -0.1) is 0 Å². The highest BCUT2D eigenvalue weighted by atomic mass is 16.3. The van der Waals surface area contributed by atoms with Crippen LogP contribution in [0.1, 0.15) is 5.56 Å². The number of benzene rings is 11. The fourth-order valence-corrected chi connectivity index (χ4v) is 10.1. The zero-order chi connectivity index (χ0) is 44.3. The SMILES string of the molecule is c1ccc(-c2ccccc2-c2ccccc2CN(c2ccccc2)c2cccc(N(c3ccc4c(c3)oc3ccccc34)c3ccc4ccc5cc6oc7ccccc7c6cc5c4c3)c2)cc1. The van der Waals surface area contributed by atoms with Crippen molar-refractivity contribution in [1.82, 2.24) is 0 Å². The summed E-state index contributed by atoms with van der Waals surface area (Å²) in [5.41, 5.74) is 14.8. The van der Waals surface area contributed by atoms with Crippen molar-refractivity contribution >= 4 is 93.9 Å². The molecule has 0 bridgehead atoms. The van der Waals surface area contributed by atoms with E-state index < -0.39 is 0 Å². The van der Waals surface area contributed by atoms with Gasteiger partial charge in [-0.1, -0.05) is 158 Å². The van der Waals surface area contributed by atoms with E-state index in [1.807, 2.05) is 24.3 Å². The number of hydrogen-bond donors (Lipinski definition) is 0. The first kappa shape index (κ1) is 38.6. The van der Waals surface area contributed by atoms with Crippen LogP contribution in [0.3, 0.4) is 0 Å².